The molecular formula is C18H24N2O3S. The van der Waals surface area contributed by atoms with E-state index in [1.165, 1.54) is 0 Å². The van der Waals surface area contributed by atoms with Crippen molar-refractivity contribution in [3.8, 4) is 5.75 Å². The van der Waals surface area contributed by atoms with E-state index in [-0.39, 0.29) is 11.9 Å². The molecule has 1 aromatic heterocycles. The van der Waals surface area contributed by atoms with Gasteiger partial charge in [0.25, 0.3) is 5.91 Å². The summed E-state index contributed by atoms with van der Waals surface area (Å²) in [7, 11) is 5.70. The zero-order valence-corrected chi connectivity index (χ0v) is 15.3. The first-order valence-corrected chi connectivity index (χ1v) is 9.35. The van der Waals surface area contributed by atoms with Gasteiger partial charge in [-0.05, 0) is 38.4 Å². The van der Waals surface area contributed by atoms with Gasteiger partial charge in [-0.2, -0.15) is 11.8 Å². The van der Waals surface area contributed by atoms with E-state index in [1.807, 2.05) is 55.0 Å². The van der Waals surface area contributed by atoms with Gasteiger partial charge >= 0.3 is 0 Å². The van der Waals surface area contributed by atoms with E-state index in [0.717, 1.165) is 36.4 Å². The molecule has 0 N–H and O–H groups in total. The van der Waals surface area contributed by atoms with E-state index in [9.17, 15) is 4.79 Å². The van der Waals surface area contributed by atoms with Crippen LogP contribution in [0.15, 0.2) is 28.7 Å². The molecule has 3 rings (SSSR count). The number of hydrogen-bond donors (Lipinski definition) is 0. The van der Waals surface area contributed by atoms with E-state index in [2.05, 4.69) is 4.90 Å². The largest absolute Gasteiger partial charge is 0.493 e. The van der Waals surface area contributed by atoms with Gasteiger partial charge in [0, 0.05) is 24.2 Å². The quantitative estimate of drug-likeness (QED) is 0.850. The SMILES string of the molecule is COc1cccc2cc(C(=O)N3CCCSCC3CN(C)C)oc12. The van der Waals surface area contributed by atoms with Crippen LogP contribution in [0.1, 0.15) is 17.0 Å². The summed E-state index contributed by atoms with van der Waals surface area (Å²) in [4.78, 5) is 17.2. The Balaban J connectivity index is 1.90. The fourth-order valence-corrected chi connectivity index (χ4v) is 4.17. The Morgan fingerprint density at radius 2 is 2.29 bits per heavy atom. The molecule has 2 heterocycles. The summed E-state index contributed by atoms with van der Waals surface area (Å²) < 4.78 is 11.2. The lowest BCUT2D eigenvalue weighted by atomic mass is 10.2. The highest BCUT2D eigenvalue weighted by Crippen LogP contribution is 2.30. The number of methoxy groups -OCH3 is 1. The zero-order valence-electron chi connectivity index (χ0n) is 14.4. The fraction of sp³-hybridized carbons (Fsp3) is 0.500. The number of carbonyl (C=O) groups is 1. The van der Waals surface area contributed by atoms with Crippen molar-refractivity contribution in [1.29, 1.82) is 0 Å². The molecular weight excluding hydrogens is 324 g/mol. The Morgan fingerprint density at radius 1 is 1.46 bits per heavy atom. The van der Waals surface area contributed by atoms with Crippen molar-refractivity contribution < 1.29 is 13.9 Å². The highest BCUT2D eigenvalue weighted by atomic mass is 32.2. The van der Waals surface area contributed by atoms with Crippen molar-refractivity contribution in [3.63, 3.8) is 0 Å². The number of carbonyl (C=O) groups excluding carboxylic acids is 1. The van der Waals surface area contributed by atoms with Crippen LogP contribution in [0, 0.1) is 0 Å². The molecule has 130 valence electrons. The molecule has 1 fully saturated rings. The molecule has 0 bridgehead atoms. The Bertz CT molecular complexity index is 713. The van der Waals surface area contributed by atoms with E-state index in [4.69, 9.17) is 9.15 Å². The number of furan rings is 1. The number of hydrogen-bond acceptors (Lipinski definition) is 5. The van der Waals surface area contributed by atoms with Gasteiger partial charge < -0.3 is 19.0 Å². The molecule has 1 aliphatic rings. The normalized spacial score (nSPS) is 18.8. The molecule has 0 aliphatic carbocycles. The number of thioether (sulfide) groups is 1. The van der Waals surface area contributed by atoms with Crippen molar-refractivity contribution in [2.24, 2.45) is 0 Å². The summed E-state index contributed by atoms with van der Waals surface area (Å²) in [5.74, 6) is 3.09. The monoisotopic (exact) mass is 348 g/mol. The summed E-state index contributed by atoms with van der Waals surface area (Å²) in [5.41, 5.74) is 0.636. The second kappa shape index (κ2) is 7.49. The molecule has 0 saturated carbocycles. The van der Waals surface area contributed by atoms with E-state index >= 15 is 0 Å². The van der Waals surface area contributed by atoms with Gasteiger partial charge in [-0.15, -0.1) is 0 Å². The molecule has 5 nitrogen and oxygen atoms in total. The molecule has 1 unspecified atom stereocenters. The van der Waals surface area contributed by atoms with Crippen LogP contribution in [-0.4, -0.2) is 67.5 Å². The van der Waals surface area contributed by atoms with Gasteiger partial charge in [0.05, 0.1) is 13.2 Å². The first-order chi connectivity index (χ1) is 11.6. The van der Waals surface area contributed by atoms with Crippen molar-refractivity contribution >= 4 is 28.6 Å². The molecule has 6 heteroatoms. The number of amides is 1. The summed E-state index contributed by atoms with van der Waals surface area (Å²) >= 11 is 1.92. The Kier molecular flexibility index (Phi) is 5.36. The van der Waals surface area contributed by atoms with Crippen LogP contribution in [0.4, 0.5) is 0 Å². The van der Waals surface area contributed by atoms with Crippen LogP contribution in [0.3, 0.4) is 0 Å². The van der Waals surface area contributed by atoms with Crippen molar-refractivity contribution in [2.75, 3.05) is 45.8 Å². The summed E-state index contributed by atoms with van der Waals surface area (Å²) in [6.45, 7) is 1.64. The second-order valence-corrected chi connectivity index (χ2v) is 7.48. The smallest absolute Gasteiger partial charge is 0.289 e. The van der Waals surface area contributed by atoms with E-state index < -0.39 is 0 Å². The van der Waals surface area contributed by atoms with Crippen molar-refractivity contribution in [1.82, 2.24) is 9.80 Å². The van der Waals surface area contributed by atoms with E-state index in [0.29, 0.717) is 17.1 Å². The number of rotatable bonds is 4. The van der Waals surface area contributed by atoms with Crippen LogP contribution in [-0.2, 0) is 0 Å². The lowest BCUT2D eigenvalue weighted by Crippen LogP contribution is -2.46. The summed E-state index contributed by atoms with van der Waals surface area (Å²) in [6, 6.07) is 7.72. The van der Waals surface area contributed by atoms with Gasteiger partial charge in [0.1, 0.15) is 0 Å². The topological polar surface area (TPSA) is 45.9 Å². The molecule has 2 aromatic rings. The molecule has 0 spiro atoms. The average Bonchev–Trinajstić information content (AvgIpc) is 2.88. The Morgan fingerprint density at radius 3 is 3.04 bits per heavy atom. The van der Waals surface area contributed by atoms with Gasteiger partial charge in [-0.25, -0.2) is 0 Å². The highest BCUT2D eigenvalue weighted by Gasteiger charge is 2.29. The molecule has 1 atom stereocenters. The van der Waals surface area contributed by atoms with Crippen LogP contribution in [0.2, 0.25) is 0 Å². The maximum absolute atomic E-state index is 13.1. The van der Waals surface area contributed by atoms with Gasteiger partial charge in [-0.3, -0.25) is 4.79 Å². The standard InChI is InChI=1S/C18H24N2O3S/c1-19(2)11-14-12-24-9-5-8-20(14)18(21)16-10-13-6-4-7-15(22-3)17(13)23-16/h4,6-7,10,14H,5,8-9,11-12H2,1-3H3. The summed E-state index contributed by atoms with van der Waals surface area (Å²) in [5, 5.41) is 0.894. The highest BCUT2D eigenvalue weighted by molar-refractivity contribution is 7.99. The number of likely N-dealkylation sites (N-methyl/N-ethyl adjacent to an activating group) is 1. The second-order valence-electron chi connectivity index (χ2n) is 6.33. The van der Waals surface area contributed by atoms with Gasteiger partial charge in [0.2, 0.25) is 0 Å². The Hall–Kier alpha value is -1.66. The third kappa shape index (κ3) is 3.54. The molecule has 1 aromatic carbocycles. The minimum atomic E-state index is -0.0254. The zero-order chi connectivity index (χ0) is 17.1. The van der Waals surface area contributed by atoms with E-state index in [1.54, 1.807) is 7.11 Å². The first kappa shape index (κ1) is 17.2. The van der Waals surface area contributed by atoms with Crippen molar-refractivity contribution in [3.05, 3.63) is 30.0 Å². The lowest BCUT2D eigenvalue weighted by molar-refractivity contribution is 0.0645. The minimum Gasteiger partial charge on any atom is -0.493 e. The average molecular weight is 348 g/mol. The van der Waals surface area contributed by atoms with Crippen molar-refractivity contribution in [2.45, 2.75) is 12.5 Å². The predicted molar refractivity (Wildman–Crippen MR) is 98.1 cm³/mol. The number of para-hydroxylation sites is 1. The number of ether oxygens (including phenoxy) is 1. The molecule has 1 saturated heterocycles. The molecule has 1 aliphatic heterocycles. The predicted octanol–water partition coefficient (Wildman–Crippen LogP) is 2.95. The van der Waals surface area contributed by atoms with Crippen LogP contribution in [0.25, 0.3) is 11.0 Å². The molecule has 0 radical (unpaired) electrons. The lowest BCUT2D eigenvalue weighted by Gasteiger charge is -2.31. The van der Waals surface area contributed by atoms with Crippen LogP contribution >= 0.6 is 11.8 Å². The maximum Gasteiger partial charge on any atom is 0.289 e. The number of benzene rings is 1. The molecule has 24 heavy (non-hydrogen) atoms. The number of fused-ring (bicyclic) bond motifs is 1. The van der Waals surface area contributed by atoms with Gasteiger partial charge in [-0.1, -0.05) is 12.1 Å². The first-order valence-electron chi connectivity index (χ1n) is 8.20. The van der Waals surface area contributed by atoms with Gasteiger partial charge in [0.15, 0.2) is 17.1 Å². The molecule has 1 amide bonds. The Labute approximate surface area is 146 Å². The summed E-state index contributed by atoms with van der Waals surface area (Å²) in [6.07, 6.45) is 1.02. The van der Waals surface area contributed by atoms with Crippen LogP contribution in [0.5, 0.6) is 5.75 Å². The maximum atomic E-state index is 13.1. The fourth-order valence-electron chi connectivity index (χ4n) is 3.11. The minimum absolute atomic E-state index is 0.0254. The third-order valence-corrected chi connectivity index (χ3v) is 5.41. The number of nitrogens with zero attached hydrogens (tertiary/aromatic N) is 2. The van der Waals surface area contributed by atoms with Crippen LogP contribution < -0.4 is 4.74 Å². The third-order valence-electron chi connectivity index (χ3n) is 4.21.